The summed E-state index contributed by atoms with van der Waals surface area (Å²) in [4.78, 5) is 14.1. The number of nitrogens with zero attached hydrogens (tertiary/aromatic N) is 7. The van der Waals surface area contributed by atoms with Crippen LogP contribution in [0.5, 0.6) is 11.6 Å². The fraction of sp³-hybridized carbons (Fsp3) is 0.407. The maximum atomic E-state index is 9.61. The second kappa shape index (κ2) is 7.54. The van der Waals surface area contributed by atoms with Gasteiger partial charge in [-0.05, 0) is 80.9 Å². The van der Waals surface area contributed by atoms with Crippen molar-refractivity contribution in [2.45, 2.75) is 58.0 Å². The summed E-state index contributed by atoms with van der Waals surface area (Å²) in [5, 5.41) is 31.3. The van der Waals surface area contributed by atoms with Gasteiger partial charge in [-0.15, -0.1) is 0 Å². The molecule has 0 amide bonds. The molecular weight excluding hydrogens is 452 g/mol. The first-order valence-electron chi connectivity index (χ1n) is 12.0. The van der Waals surface area contributed by atoms with Crippen molar-refractivity contribution in [3.8, 4) is 29.8 Å². The van der Waals surface area contributed by atoms with Gasteiger partial charge in [-0.2, -0.15) is 25.8 Å². The van der Waals surface area contributed by atoms with Gasteiger partial charge in [0, 0.05) is 18.2 Å². The first kappa shape index (κ1) is 22.1. The lowest BCUT2D eigenvalue weighted by molar-refractivity contribution is -0.0665. The topological polar surface area (TPSA) is 136 Å². The summed E-state index contributed by atoms with van der Waals surface area (Å²) in [5.74, 6) is 1.46. The standard InChI is InChI=1S/C27H24N8O/c1-17-8-19(4-3-7-28)9-18(2)21(17)36-23-20-22(35(16-31-20)15-25(13-29)5-6-25)32-24(33-23)34-27-10-26(11-27,12-27)14-30/h3-4,8-9,16H,5-6,10-12,15H2,1-2H3,(H,32,33,34)/b4-3+. The minimum atomic E-state index is -0.361. The molecule has 178 valence electrons. The average Bonchev–Trinajstić information content (AvgIpc) is 3.48. The lowest BCUT2D eigenvalue weighted by atomic mass is 9.40. The third kappa shape index (κ3) is 3.46. The van der Waals surface area contributed by atoms with E-state index in [0.717, 1.165) is 48.8 Å². The minimum Gasteiger partial charge on any atom is -0.436 e. The lowest BCUT2D eigenvalue weighted by Crippen LogP contribution is -2.70. The normalized spacial score (nSPS) is 24.8. The van der Waals surface area contributed by atoms with Crippen LogP contribution in [0, 0.1) is 58.7 Å². The summed E-state index contributed by atoms with van der Waals surface area (Å²) in [5.41, 5.74) is 3.19. The van der Waals surface area contributed by atoms with Crippen molar-refractivity contribution in [1.82, 2.24) is 19.5 Å². The van der Waals surface area contributed by atoms with Gasteiger partial charge < -0.3 is 14.6 Å². The van der Waals surface area contributed by atoms with Crippen LogP contribution >= 0.6 is 0 Å². The van der Waals surface area contributed by atoms with E-state index in [-0.39, 0.29) is 16.4 Å². The number of hydrogen-bond acceptors (Lipinski definition) is 8. The molecule has 3 aromatic rings. The van der Waals surface area contributed by atoms with Crippen LogP contribution in [0.1, 0.15) is 48.8 Å². The zero-order valence-corrected chi connectivity index (χ0v) is 20.2. The number of aromatic nitrogens is 4. The van der Waals surface area contributed by atoms with Crippen molar-refractivity contribution < 1.29 is 4.74 Å². The molecule has 4 saturated carbocycles. The van der Waals surface area contributed by atoms with Crippen molar-refractivity contribution in [2.24, 2.45) is 10.8 Å². The van der Waals surface area contributed by atoms with Gasteiger partial charge in [-0.3, -0.25) is 0 Å². The van der Waals surface area contributed by atoms with Crippen LogP contribution in [0.4, 0.5) is 5.95 Å². The highest BCUT2D eigenvalue weighted by atomic mass is 16.5. The molecule has 0 radical (unpaired) electrons. The monoisotopic (exact) mass is 476 g/mol. The first-order valence-corrected chi connectivity index (χ1v) is 12.0. The van der Waals surface area contributed by atoms with Gasteiger partial charge in [0.05, 0.1) is 35.4 Å². The van der Waals surface area contributed by atoms with Crippen LogP contribution in [0.3, 0.4) is 0 Å². The summed E-state index contributed by atoms with van der Waals surface area (Å²) in [6, 6.07) is 10.8. The Kier molecular flexibility index (Phi) is 4.62. The molecule has 9 heteroatoms. The van der Waals surface area contributed by atoms with Crippen molar-refractivity contribution in [1.29, 1.82) is 15.8 Å². The van der Waals surface area contributed by atoms with E-state index in [1.54, 1.807) is 12.4 Å². The van der Waals surface area contributed by atoms with Crippen molar-refractivity contribution in [2.75, 3.05) is 5.32 Å². The van der Waals surface area contributed by atoms with Gasteiger partial charge in [-0.25, -0.2) is 4.98 Å². The van der Waals surface area contributed by atoms with Crippen LogP contribution in [0.25, 0.3) is 17.2 Å². The average molecular weight is 477 g/mol. The lowest BCUT2D eigenvalue weighted by Gasteiger charge is -2.66. The molecule has 0 spiro atoms. The van der Waals surface area contributed by atoms with Gasteiger partial charge >= 0.3 is 0 Å². The fourth-order valence-corrected chi connectivity index (χ4v) is 5.69. The zero-order valence-electron chi connectivity index (χ0n) is 20.2. The first-order chi connectivity index (χ1) is 17.3. The highest BCUT2D eigenvalue weighted by molar-refractivity contribution is 5.78. The molecule has 1 N–H and O–H groups in total. The number of imidazole rings is 1. The molecule has 1 aromatic carbocycles. The Balaban J connectivity index is 1.38. The molecule has 7 rings (SSSR count). The molecule has 4 aliphatic carbocycles. The van der Waals surface area contributed by atoms with E-state index in [2.05, 4.69) is 22.4 Å². The Bertz CT molecular complexity index is 1530. The van der Waals surface area contributed by atoms with Gasteiger partial charge in [0.2, 0.25) is 5.95 Å². The summed E-state index contributed by atoms with van der Waals surface area (Å²) in [6.07, 6.45) is 9.02. The Labute approximate surface area is 208 Å². The van der Waals surface area contributed by atoms with E-state index in [0.29, 0.717) is 35.3 Å². The quantitative estimate of drug-likeness (QED) is 0.474. The Morgan fingerprint density at radius 1 is 1.08 bits per heavy atom. The number of anilines is 1. The molecule has 0 aliphatic heterocycles. The van der Waals surface area contributed by atoms with Crippen LogP contribution in [-0.2, 0) is 6.54 Å². The van der Waals surface area contributed by atoms with E-state index >= 15 is 0 Å². The molecule has 0 atom stereocenters. The summed E-state index contributed by atoms with van der Waals surface area (Å²) < 4.78 is 8.30. The number of ether oxygens (including phenoxy) is 1. The van der Waals surface area contributed by atoms with E-state index < -0.39 is 0 Å². The molecule has 2 bridgehead atoms. The molecule has 2 aromatic heterocycles. The molecule has 2 heterocycles. The van der Waals surface area contributed by atoms with Crippen molar-refractivity contribution >= 4 is 23.2 Å². The molecule has 0 unspecified atom stereocenters. The second-order valence-corrected chi connectivity index (χ2v) is 10.7. The number of aryl methyl sites for hydroxylation is 2. The number of hydrogen-bond donors (Lipinski definition) is 1. The van der Waals surface area contributed by atoms with E-state index in [1.165, 1.54) is 6.08 Å². The van der Waals surface area contributed by atoms with Crippen LogP contribution in [-0.4, -0.2) is 25.1 Å². The predicted molar refractivity (Wildman–Crippen MR) is 131 cm³/mol. The van der Waals surface area contributed by atoms with Crippen LogP contribution in [0.2, 0.25) is 0 Å². The van der Waals surface area contributed by atoms with Crippen LogP contribution in [0.15, 0.2) is 24.5 Å². The molecule has 36 heavy (non-hydrogen) atoms. The fourth-order valence-electron chi connectivity index (χ4n) is 5.69. The van der Waals surface area contributed by atoms with E-state index in [9.17, 15) is 10.5 Å². The smallest absolute Gasteiger partial charge is 0.252 e. The number of nitrogens with one attached hydrogen (secondary N) is 1. The highest BCUT2D eigenvalue weighted by Gasteiger charge is 2.69. The predicted octanol–water partition coefficient (Wildman–Crippen LogP) is 4.93. The molecule has 0 saturated heterocycles. The number of benzene rings is 1. The maximum absolute atomic E-state index is 9.61. The van der Waals surface area contributed by atoms with Gasteiger partial charge in [0.15, 0.2) is 11.2 Å². The summed E-state index contributed by atoms with van der Waals surface area (Å²) in [7, 11) is 0. The number of allylic oxidation sites excluding steroid dienone is 1. The van der Waals surface area contributed by atoms with E-state index in [1.807, 2.05) is 36.6 Å². The van der Waals surface area contributed by atoms with E-state index in [4.69, 9.17) is 20.0 Å². The number of nitriles is 3. The Morgan fingerprint density at radius 2 is 1.81 bits per heavy atom. The second-order valence-electron chi connectivity index (χ2n) is 10.7. The third-order valence-corrected chi connectivity index (χ3v) is 7.67. The largest absolute Gasteiger partial charge is 0.436 e. The molecule has 4 aliphatic rings. The SMILES string of the molecule is Cc1cc(/C=C/C#N)cc(C)c1Oc1nc(NC23CC(C#N)(C2)C3)nc2c1ncn2CC1(C#N)CC1. The third-order valence-electron chi connectivity index (χ3n) is 7.67. The zero-order chi connectivity index (χ0) is 25.1. The summed E-state index contributed by atoms with van der Waals surface area (Å²) in [6.45, 7) is 4.43. The van der Waals surface area contributed by atoms with Gasteiger partial charge in [0.1, 0.15) is 5.75 Å². The number of rotatable bonds is 7. The maximum Gasteiger partial charge on any atom is 0.252 e. The number of fused-ring (bicyclic) bond motifs is 1. The molecular formula is C27H24N8O. The van der Waals surface area contributed by atoms with Gasteiger partial charge in [0.25, 0.3) is 5.88 Å². The van der Waals surface area contributed by atoms with Crippen molar-refractivity contribution in [3.63, 3.8) is 0 Å². The Morgan fingerprint density at radius 3 is 2.42 bits per heavy atom. The van der Waals surface area contributed by atoms with Gasteiger partial charge in [-0.1, -0.05) is 0 Å². The van der Waals surface area contributed by atoms with Crippen LogP contribution < -0.4 is 10.1 Å². The molecule has 4 fully saturated rings. The summed E-state index contributed by atoms with van der Waals surface area (Å²) >= 11 is 0. The minimum absolute atomic E-state index is 0.142. The highest BCUT2D eigenvalue weighted by Crippen LogP contribution is 2.67. The molecule has 9 nitrogen and oxygen atoms in total. The van der Waals surface area contributed by atoms with Crippen molar-refractivity contribution in [3.05, 3.63) is 41.2 Å². The Hall–Kier alpha value is -4.42.